The Bertz CT molecular complexity index is 1690. The maximum atomic E-state index is 13.3. The summed E-state index contributed by atoms with van der Waals surface area (Å²) >= 11 is 0. The molecule has 0 spiro atoms. The Kier molecular flexibility index (Phi) is 8.72. The summed E-state index contributed by atoms with van der Waals surface area (Å²) in [6.07, 6.45) is 2.73. The Morgan fingerprint density at radius 1 is 0.951 bits per heavy atom. The predicted molar refractivity (Wildman–Crippen MR) is 146 cm³/mol. The van der Waals surface area contributed by atoms with E-state index in [-0.39, 0.29) is 51.1 Å². The van der Waals surface area contributed by atoms with Gasteiger partial charge in [-0.1, -0.05) is 18.2 Å². The summed E-state index contributed by atoms with van der Waals surface area (Å²) in [4.78, 5) is 40.3. The number of aryl methyl sites for hydroxylation is 1. The lowest BCUT2D eigenvalue weighted by molar-refractivity contribution is -0.120. The number of nitrogens with zero attached hydrogens (tertiary/aromatic N) is 4. The molecule has 0 radical (unpaired) electrons. The number of rotatable bonds is 11. The molecule has 0 amide bonds. The average molecular weight is 580 g/mol. The highest BCUT2D eigenvalue weighted by Crippen LogP contribution is 2.41. The van der Waals surface area contributed by atoms with Crippen molar-refractivity contribution >= 4 is 27.6 Å². The standard InChI is InChI=1S/C27H25N5O8S/c1-16-9-10-22(29-14-16)41(35,36)32-25-23(40-21-8-6-5-7-20(21)37-3)26(38-4)31-24(30-25)18-11-12-28-19(13-18)27(34)39-15-17(2)33/h5-14H,15H2,1-4H3,(H,30,31,32). The maximum Gasteiger partial charge on any atom is 0.357 e. The summed E-state index contributed by atoms with van der Waals surface area (Å²) < 4.78 is 50.8. The van der Waals surface area contributed by atoms with Crippen LogP contribution < -0.4 is 18.9 Å². The lowest BCUT2D eigenvalue weighted by atomic mass is 10.2. The second kappa shape index (κ2) is 12.4. The number of carbonyl (C=O) groups excluding carboxylic acids is 2. The highest BCUT2D eigenvalue weighted by molar-refractivity contribution is 7.92. The first-order valence-corrected chi connectivity index (χ1v) is 13.4. The van der Waals surface area contributed by atoms with E-state index in [1.807, 2.05) is 0 Å². The Hall–Kier alpha value is -5.11. The number of carbonyl (C=O) groups is 2. The van der Waals surface area contributed by atoms with Gasteiger partial charge in [-0.3, -0.25) is 9.52 Å². The van der Waals surface area contributed by atoms with Crippen LogP contribution in [0.5, 0.6) is 23.1 Å². The van der Waals surface area contributed by atoms with E-state index in [0.29, 0.717) is 5.75 Å². The normalized spacial score (nSPS) is 10.9. The van der Waals surface area contributed by atoms with E-state index in [4.69, 9.17) is 18.9 Å². The Morgan fingerprint density at radius 2 is 1.71 bits per heavy atom. The van der Waals surface area contributed by atoms with Crippen molar-refractivity contribution in [2.24, 2.45) is 0 Å². The maximum absolute atomic E-state index is 13.3. The topological polar surface area (TPSA) is 169 Å². The predicted octanol–water partition coefficient (Wildman–Crippen LogP) is 3.60. The number of methoxy groups -OCH3 is 2. The van der Waals surface area contributed by atoms with Gasteiger partial charge in [0.2, 0.25) is 5.75 Å². The van der Waals surface area contributed by atoms with E-state index in [9.17, 15) is 18.0 Å². The number of anilines is 1. The quantitative estimate of drug-likeness (QED) is 0.257. The molecule has 0 bridgehead atoms. The molecule has 212 valence electrons. The molecule has 3 aromatic heterocycles. The Morgan fingerprint density at radius 3 is 2.37 bits per heavy atom. The second-order valence-corrected chi connectivity index (χ2v) is 10.1. The summed E-state index contributed by atoms with van der Waals surface area (Å²) in [6.45, 7) is 2.64. The number of benzene rings is 1. The molecule has 0 aliphatic rings. The molecule has 13 nitrogen and oxygen atoms in total. The lowest BCUT2D eigenvalue weighted by Gasteiger charge is -2.17. The van der Waals surface area contributed by atoms with Crippen molar-refractivity contribution in [1.82, 2.24) is 19.9 Å². The van der Waals surface area contributed by atoms with Gasteiger partial charge < -0.3 is 18.9 Å². The summed E-state index contributed by atoms with van der Waals surface area (Å²) in [7, 11) is -1.49. The van der Waals surface area contributed by atoms with Crippen LogP contribution in [-0.4, -0.2) is 60.9 Å². The molecule has 14 heteroatoms. The number of ether oxygens (including phenoxy) is 4. The molecule has 4 rings (SSSR count). The molecule has 0 fully saturated rings. The average Bonchev–Trinajstić information content (AvgIpc) is 2.97. The first kappa shape index (κ1) is 28.9. The van der Waals surface area contributed by atoms with Crippen LogP contribution in [0.4, 0.5) is 5.82 Å². The minimum Gasteiger partial charge on any atom is -0.493 e. The molecule has 0 atom stereocenters. The third-order valence-electron chi connectivity index (χ3n) is 5.33. The van der Waals surface area contributed by atoms with E-state index < -0.39 is 22.6 Å². The molecular formula is C27H25N5O8S. The SMILES string of the molecule is COc1ccccc1Oc1c(NS(=O)(=O)c2ccc(C)cn2)nc(-c2ccnc(C(=O)OCC(C)=O)c2)nc1OC. The van der Waals surface area contributed by atoms with Gasteiger partial charge in [-0.05, 0) is 49.7 Å². The molecule has 1 N–H and O–H groups in total. The molecular weight excluding hydrogens is 554 g/mol. The highest BCUT2D eigenvalue weighted by atomic mass is 32.2. The fourth-order valence-corrected chi connectivity index (χ4v) is 4.32. The fourth-order valence-electron chi connectivity index (χ4n) is 3.39. The number of ketones is 1. The zero-order valence-corrected chi connectivity index (χ0v) is 23.3. The van der Waals surface area contributed by atoms with Crippen LogP contribution in [0.3, 0.4) is 0 Å². The van der Waals surface area contributed by atoms with Gasteiger partial charge in [0.15, 0.2) is 34.0 Å². The number of hydrogen-bond donors (Lipinski definition) is 1. The third kappa shape index (κ3) is 6.91. The monoisotopic (exact) mass is 579 g/mol. The first-order chi connectivity index (χ1) is 19.6. The van der Waals surface area contributed by atoms with E-state index in [1.165, 1.54) is 51.7 Å². The number of aromatic nitrogens is 4. The van der Waals surface area contributed by atoms with Crippen molar-refractivity contribution in [3.05, 3.63) is 72.2 Å². The highest BCUT2D eigenvalue weighted by Gasteiger charge is 2.26. The molecule has 0 unspecified atom stereocenters. The van der Waals surface area contributed by atoms with Crippen molar-refractivity contribution in [3.8, 4) is 34.5 Å². The van der Waals surface area contributed by atoms with Crippen molar-refractivity contribution < 1.29 is 37.0 Å². The number of esters is 1. The minimum atomic E-state index is -4.26. The van der Waals surface area contributed by atoms with Crippen molar-refractivity contribution in [1.29, 1.82) is 0 Å². The van der Waals surface area contributed by atoms with Crippen molar-refractivity contribution in [3.63, 3.8) is 0 Å². The number of sulfonamides is 1. The van der Waals surface area contributed by atoms with E-state index in [2.05, 4.69) is 24.7 Å². The molecule has 0 aliphatic carbocycles. The number of Topliss-reactive ketones (excluding diaryl/α,β-unsaturated/α-hetero) is 1. The molecule has 3 heterocycles. The Balaban J connectivity index is 1.83. The van der Waals surface area contributed by atoms with Crippen molar-refractivity contribution in [2.45, 2.75) is 18.9 Å². The number of nitrogens with one attached hydrogen (secondary N) is 1. The van der Waals surface area contributed by atoms with Crippen LogP contribution in [0.25, 0.3) is 11.4 Å². The lowest BCUT2D eigenvalue weighted by Crippen LogP contribution is -2.17. The summed E-state index contributed by atoms with van der Waals surface area (Å²) in [5.41, 5.74) is 0.919. The van der Waals surface area contributed by atoms with E-state index >= 15 is 0 Å². The van der Waals surface area contributed by atoms with E-state index in [1.54, 1.807) is 37.3 Å². The van der Waals surface area contributed by atoms with Gasteiger partial charge >= 0.3 is 5.97 Å². The molecule has 1 aromatic carbocycles. The van der Waals surface area contributed by atoms with Gasteiger partial charge in [-0.2, -0.15) is 13.4 Å². The molecule has 0 saturated carbocycles. The molecule has 41 heavy (non-hydrogen) atoms. The van der Waals surface area contributed by atoms with Crippen LogP contribution >= 0.6 is 0 Å². The summed E-state index contributed by atoms with van der Waals surface area (Å²) in [5.74, 6) is -1.19. The van der Waals surface area contributed by atoms with Crippen LogP contribution in [0.1, 0.15) is 23.0 Å². The number of hydrogen-bond acceptors (Lipinski definition) is 12. The van der Waals surface area contributed by atoms with Gasteiger partial charge in [0.05, 0.1) is 14.2 Å². The van der Waals surface area contributed by atoms with Gasteiger partial charge in [-0.15, -0.1) is 0 Å². The molecule has 4 aromatic rings. The molecule has 0 aliphatic heterocycles. The van der Waals surface area contributed by atoms with Gasteiger partial charge in [0.1, 0.15) is 12.3 Å². The van der Waals surface area contributed by atoms with Crippen LogP contribution in [0.2, 0.25) is 0 Å². The largest absolute Gasteiger partial charge is 0.493 e. The smallest absolute Gasteiger partial charge is 0.357 e. The zero-order valence-electron chi connectivity index (χ0n) is 22.4. The van der Waals surface area contributed by atoms with Gasteiger partial charge in [-0.25, -0.2) is 19.7 Å². The summed E-state index contributed by atoms with van der Waals surface area (Å²) in [5, 5.41) is -0.259. The van der Waals surface area contributed by atoms with Gasteiger partial charge in [0.25, 0.3) is 15.9 Å². The molecule has 0 saturated heterocycles. The third-order valence-corrected chi connectivity index (χ3v) is 6.59. The Labute approximate surface area is 235 Å². The van der Waals surface area contributed by atoms with E-state index in [0.717, 1.165) is 5.56 Å². The van der Waals surface area contributed by atoms with Crippen LogP contribution in [0, 0.1) is 6.92 Å². The van der Waals surface area contributed by atoms with Crippen LogP contribution in [0.15, 0.2) is 66.0 Å². The second-order valence-electron chi connectivity index (χ2n) is 8.47. The minimum absolute atomic E-state index is 0.0354. The van der Waals surface area contributed by atoms with Gasteiger partial charge in [0, 0.05) is 18.0 Å². The number of para-hydroxylation sites is 2. The van der Waals surface area contributed by atoms with Crippen LogP contribution in [-0.2, 0) is 19.6 Å². The number of pyridine rings is 2. The first-order valence-electron chi connectivity index (χ1n) is 12.0. The summed E-state index contributed by atoms with van der Waals surface area (Å²) in [6, 6.07) is 12.5. The fraction of sp³-hybridized carbons (Fsp3) is 0.185. The van der Waals surface area contributed by atoms with Crippen molar-refractivity contribution in [2.75, 3.05) is 25.5 Å². The zero-order chi connectivity index (χ0) is 29.6.